The minimum absolute atomic E-state index is 0.0110. The van der Waals surface area contributed by atoms with Gasteiger partial charge >= 0.3 is 0 Å². The summed E-state index contributed by atoms with van der Waals surface area (Å²) in [4.78, 5) is 4.94. The van der Waals surface area contributed by atoms with E-state index >= 15 is 0 Å². The van der Waals surface area contributed by atoms with Crippen molar-refractivity contribution in [1.29, 1.82) is 0 Å². The summed E-state index contributed by atoms with van der Waals surface area (Å²) >= 11 is 0. The lowest BCUT2D eigenvalue weighted by Gasteiger charge is -2.46. The number of para-hydroxylation sites is 6. The maximum atomic E-state index is 9.91. The molecule has 0 aliphatic carbocycles. The molecule has 0 unspecified atom stereocenters. The molecule has 0 atom stereocenters. The molecule has 3 aliphatic heterocycles. The van der Waals surface area contributed by atoms with Crippen LogP contribution in [0.3, 0.4) is 0 Å². The molecule has 0 amide bonds. The molecule has 5 nitrogen and oxygen atoms in total. The molecule has 2 aromatic heterocycles. The molecule has 0 N–H and O–H groups in total. The van der Waals surface area contributed by atoms with Gasteiger partial charge < -0.3 is 23.5 Å². The zero-order chi connectivity index (χ0) is 78.6. The number of ether oxygens (including phenoxy) is 1. The topological polar surface area (TPSA) is 33.8 Å². The van der Waals surface area contributed by atoms with Crippen LogP contribution in [0.2, 0.25) is 0 Å². The van der Waals surface area contributed by atoms with Gasteiger partial charge in [0.2, 0.25) is 0 Å². The summed E-state index contributed by atoms with van der Waals surface area (Å²) in [7, 11) is 0. The number of hydrogen-bond acceptors (Lipinski definition) is 4. The highest BCUT2D eigenvalue weighted by atomic mass is 16.5. The van der Waals surface area contributed by atoms with E-state index in [0.717, 1.165) is 162 Å². The molecule has 22 rings (SSSR count). The van der Waals surface area contributed by atoms with Crippen LogP contribution >= 0.6 is 0 Å². The molecule has 508 valence electrons. The molecule has 0 bridgehead atoms. The molecule has 0 spiro atoms. The van der Waals surface area contributed by atoms with Crippen molar-refractivity contribution in [2.24, 2.45) is 0 Å². The van der Waals surface area contributed by atoms with Gasteiger partial charge in [-0.3, -0.25) is 0 Å². The number of fused-ring (bicyclic) bond motifs is 12. The standard InChI is InChI=1S/C103H66BN3O2/c1-7-29-67(30-8-1)78-44-27-45-79(68-31-9-2-10-32-68)101(78)106-92-62-72(71-55-60-97-85(61-71)84-43-21-25-51-96(84)108-97)54-58-88(92)104-89-59-56-77(105-90-49-23-19-41-82(90)83-42-20-24-50-91(83)105)66-93(89)107(102-80(69-33-11-3-12-34-69)46-28-47-81(102)70-35-13-4-14-36-70)95-64-74(63-94(106)100(95)104)73-53-57-87-99(65-73)109-98-52-26-22-48-86(98)103(87,75-37-15-5-16-38-75)76-39-17-6-18-40-76/h1-66H/i19D,20D,23D,24D,41D,42D,49D,50D. The van der Waals surface area contributed by atoms with E-state index < -0.39 is 48.4 Å². The molecule has 17 aromatic carbocycles. The summed E-state index contributed by atoms with van der Waals surface area (Å²) in [5.41, 5.74) is 24.8. The Morgan fingerprint density at radius 3 is 1.29 bits per heavy atom. The first-order valence-electron chi connectivity index (χ1n) is 40.9. The lowest BCUT2D eigenvalue weighted by molar-refractivity contribution is 0.435. The minimum Gasteiger partial charge on any atom is -0.457 e. The highest BCUT2D eigenvalue weighted by Crippen LogP contribution is 2.58. The first-order chi connectivity index (χ1) is 57.4. The van der Waals surface area contributed by atoms with Crippen LogP contribution in [-0.2, 0) is 5.41 Å². The normalized spacial score (nSPS) is 14.1. The largest absolute Gasteiger partial charge is 0.457 e. The van der Waals surface area contributed by atoms with Crippen LogP contribution in [0.4, 0.5) is 34.1 Å². The second-order valence-corrected chi connectivity index (χ2v) is 28.3. The summed E-state index contributed by atoms with van der Waals surface area (Å²) < 4.78 is 91.6. The van der Waals surface area contributed by atoms with E-state index in [4.69, 9.17) is 11.9 Å². The number of benzene rings is 17. The van der Waals surface area contributed by atoms with Crippen LogP contribution < -0.4 is 30.9 Å². The molecular formula is C103H66BN3O2. The second kappa shape index (κ2) is 25.0. The SMILES string of the molecule is [2H]c1c([2H])c([2H])c2c(c1[2H])c1c([2H])c([2H])c([2H])c([2H])c1n2-c1ccc2c(c1)N(c1c(-c3ccccc3)cccc1-c1ccccc1)c1cc(-c3ccc4c(c3)Oc3ccccc3C4(c3ccccc3)c3ccccc3)cc3c1B2c1ccc(-c2ccc4oc5ccccc5c4c2)cc1N3c1c(-c2ccccc2)cccc1-c1ccccc1. The van der Waals surface area contributed by atoms with Gasteiger partial charge in [-0.1, -0.05) is 327 Å². The zero-order valence-electron chi connectivity index (χ0n) is 66.7. The molecule has 109 heavy (non-hydrogen) atoms. The zero-order valence-corrected chi connectivity index (χ0v) is 58.7. The number of anilines is 6. The number of nitrogens with zero attached hydrogens (tertiary/aromatic N) is 3. The summed E-state index contributed by atoms with van der Waals surface area (Å²) in [6.07, 6.45) is 0. The van der Waals surface area contributed by atoms with Gasteiger partial charge in [-0.05, 0) is 145 Å². The van der Waals surface area contributed by atoms with Crippen LogP contribution in [0, 0.1) is 0 Å². The molecule has 19 aromatic rings. The van der Waals surface area contributed by atoms with Gasteiger partial charge in [-0.25, -0.2) is 0 Å². The Labute approximate surface area is 643 Å². The first-order valence-corrected chi connectivity index (χ1v) is 36.9. The summed E-state index contributed by atoms with van der Waals surface area (Å²) in [6.45, 7) is -0.563. The summed E-state index contributed by atoms with van der Waals surface area (Å²) in [5, 5.41) is 1.99. The predicted octanol–water partition coefficient (Wildman–Crippen LogP) is 25.3. The highest BCUT2D eigenvalue weighted by molar-refractivity contribution is 7.00. The van der Waals surface area contributed by atoms with Gasteiger partial charge in [0, 0.05) is 83.4 Å². The van der Waals surface area contributed by atoms with Gasteiger partial charge in [0.15, 0.2) is 0 Å². The van der Waals surface area contributed by atoms with E-state index in [0.29, 0.717) is 17.1 Å². The fraction of sp³-hybridized carbons (Fsp3) is 0.00971. The fourth-order valence-corrected chi connectivity index (χ4v) is 17.9. The first kappa shape index (κ1) is 54.4. The molecule has 3 aliphatic rings. The molecular weight excluding hydrogens is 1320 g/mol. The van der Waals surface area contributed by atoms with Crippen molar-refractivity contribution in [1.82, 2.24) is 4.57 Å². The Kier molecular flexibility index (Phi) is 12.5. The lowest BCUT2D eigenvalue weighted by atomic mass is 9.33. The smallest absolute Gasteiger partial charge is 0.252 e. The Balaban J connectivity index is 0.915. The fourth-order valence-electron chi connectivity index (χ4n) is 17.9. The van der Waals surface area contributed by atoms with Crippen molar-refractivity contribution in [2.75, 3.05) is 9.80 Å². The minimum atomic E-state index is -0.824. The number of hydrogen-bond donors (Lipinski definition) is 0. The lowest BCUT2D eigenvalue weighted by Crippen LogP contribution is -2.61. The maximum absolute atomic E-state index is 9.91. The molecule has 5 heterocycles. The average molecular weight is 1400 g/mol. The third kappa shape index (κ3) is 9.68. The van der Waals surface area contributed by atoms with Crippen molar-refractivity contribution in [3.05, 3.63) is 422 Å². The van der Waals surface area contributed by atoms with Gasteiger partial charge in [-0.15, -0.1) is 0 Å². The van der Waals surface area contributed by atoms with Crippen molar-refractivity contribution >= 4 is 101 Å². The van der Waals surface area contributed by atoms with E-state index in [1.807, 2.05) is 36.4 Å². The van der Waals surface area contributed by atoms with Crippen LogP contribution in [0.25, 0.3) is 116 Å². The van der Waals surface area contributed by atoms with Crippen molar-refractivity contribution in [2.45, 2.75) is 5.41 Å². The molecule has 6 heteroatoms. The van der Waals surface area contributed by atoms with Crippen molar-refractivity contribution in [3.8, 4) is 83.9 Å². The molecule has 0 saturated heterocycles. The predicted molar refractivity (Wildman–Crippen MR) is 453 cm³/mol. The summed E-state index contributed by atoms with van der Waals surface area (Å²) in [6, 6.07) is 121. The van der Waals surface area contributed by atoms with Gasteiger partial charge in [0.05, 0.1) is 38.8 Å². The highest BCUT2D eigenvalue weighted by Gasteiger charge is 2.48. The second-order valence-electron chi connectivity index (χ2n) is 28.3. The Bertz CT molecular complexity index is 7120. The van der Waals surface area contributed by atoms with E-state index in [2.05, 4.69) is 325 Å². The van der Waals surface area contributed by atoms with Gasteiger partial charge in [-0.2, -0.15) is 0 Å². The van der Waals surface area contributed by atoms with E-state index in [-0.39, 0.29) is 33.9 Å². The van der Waals surface area contributed by atoms with E-state index in [9.17, 15) is 8.22 Å². The third-order valence-corrected chi connectivity index (χ3v) is 22.6. The van der Waals surface area contributed by atoms with Crippen LogP contribution in [0.1, 0.15) is 33.2 Å². The molecule has 0 radical (unpaired) electrons. The number of rotatable bonds is 11. The maximum Gasteiger partial charge on any atom is 0.252 e. The van der Waals surface area contributed by atoms with Crippen molar-refractivity contribution in [3.63, 3.8) is 0 Å². The molecule has 0 fully saturated rings. The molecule has 0 saturated carbocycles. The van der Waals surface area contributed by atoms with Crippen LogP contribution in [0.5, 0.6) is 11.5 Å². The Morgan fingerprint density at radius 2 is 0.725 bits per heavy atom. The van der Waals surface area contributed by atoms with E-state index in [1.165, 1.54) is 0 Å². The number of furan rings is 1. The van der Waals surface area contributed by atoms with Crippen LogP contribution in [0.15, 0.2) is 405 Å². The Morgan fingerprint density at radius 1 is 0.294 bits per heavy atom. The summed E-state index contributed by atoms with van der Waals surface area (Å²) in [5.74, 6) is 1.43. The van der Waals surface area contributed by atoms with Crippen LogP contribution in [-0.4, -0.2) is 11.3 Å². The van der Waals surface area contributed by atoms with Gasteiger partial charge in [0.1, 0.15) is 22.7 Å². The quantitative estimate of drug-likeness (QED) is 0.121. The van der Waals surface area contributed by atoms with Gasteiger partial charge in [0.25, 0.3) is 6.71 Å². The average Bonchev–Trinajstić information content (AvgIpc) is 1.20. The Hall–Kier alpha value is -14.2. The number of aromatic nitrogens is 1. The monoisotopic (exact) mass is 1400 g/mol. The van der Waals surface area contributed by atoms with E-state index in [1.54, 1.807) is 4.57 Å². The van der Waals surface area contributed by atoms with Crippen molar-refractivity contribution < 1.29 is 20.1 Å². The third-order valence-electron chi connectivity index (χ3n) is 22.6.